The van der Waals surface area contributed by atoms with Gasteiger partial charge in [0, 0.05) is 5.56 Å². The number of ether oxygens (including phenoxy) is 1. The minimum atomic E-state index is -4.10. The zero-order valence-corrected chi connectivity index (χ0v) is 13.0. The van der Waals surface area contributed by atoms with Gasteiger partial charge in [0.1, 0.15) is 5.75 Å². The molecular weight excluding hydrogens is 304 g/mol. The number of rotatable bonds is 4. The minimum Gasteiger partial charge on any atom is -0.497 e. The molecule has 0 fully saturated rings. The first-order valence-corrected chi connectivity index (χ1v) is 7.85. The van der Waals surface area contributed by atoms with E-state index >= 15 is 0 Å². The number of amides is 1. The van der Waals surface area contributed by atoms with Gasteiger partial charge in [-0.3, -0.25) is 4.79 Å². The predicted octanol–water partition coefficient (Wildman–Crippen LogP) is 1.71. The first-order chi connectivity index (χ1) is 10.4. The Hall–Kier alpha value is -2.38. The Bertz CT molecular complexity index is 785. The monoisotopic (exact) mass is 320 g/mol. The van der Waals surface area contributed by atoms with Crippen LogP contribution in [-0.4, -0.2) is 25.8 Å². The lowest BCUT2D eigenvalue weighted by molar-refractivity contribution is 0.0861. The summed E-state index contributed by atoms with van der Waals surface area (Å²) in [7, 11) is -2.65. The van der Waals surface area contributed by atoms with Crippen LogP contribution in [0.4, 0.5) is 0 Å². The standard InChI is InChI=1S/C15H16N2O4S/c1-11-6-8-14(9-7-11)22(19,20)17(16)15(18)12-4-3-5-13(10-12)21-2/h3-10H,16H2,1-2H3. The number of aryl methyl sites for hydroxylation is 1. The van der Waals surface area contributed by atoms with Gasteiger partial charge >= 0.3 is 0 Å². The van der Waals surface area contributed by atoms with E-state index < -0.39 is 15.9 Å². The van der Waals surface area contributed by atoms with Crippen LogP contribution >= 0.6 is 0 Å². The molecule has 2 N–H and O–H groups in total. The fourth-order valence-corrected chi connectivity index (χ4v) is 2.85. The van der Waals surface area contributed by atoms with Crippen molar-refractivity contribution in [3.63, 3.8) is 0 Å². The molecule has 0 heterocycles. The topological polar surface area (TPSA) is 89.7 Å². The molecule has 2 aromatic carbocycles. The lowest BCUT2D eigenvalue weighted by Gasteiger charge is -2.17. The van der Waals surface area contributed by atoms with Crippen LogP contribution in [0.5, 0.6) is 5.75 Å². The van der Waals surface area contributed by atoms with Crippen molar-refractivity contribution in [2.45, 2.75) is 11.8 Å². The molecule has 0 atom stereocenters. The number of hydrogen-bond donors (Lipinski definition) is 1. The second-order valence-corrected chi connectivity index (χ2v) is 6.47. The highest BCUT2D eigenvalue weighted by Crippen LogP contribution is 2.18. The second kappa shape index (κ2) is 6.17. The maximum absolute atomic E-state index is 12.4. The molecule has 2 rings (SSSR count). The lowest BCUT2D eigenvalue weighted by atomic mass is 10.2. The molecule has 2 aromatic rings. The average Bonchev–Trinajstić information content (AvgIpc) is 2.53. The number of carbonyl (C=O) groups excluding carboxylic acids is 1. The van der Waals surface area contributed by atoms with E-state index in [1.807, 2.05) is 6.92 Å². The highest BCUT2D eigenvalue weighted by atomic mass is 32.2. The van der Waals surface area contributed by atoms with E-state index in [0.717, 1.165) is 5.56 Å². The van der Waals surface area contributed by atoms with Gasteiger partial charge in [0.15, 0.2) is 0 Å². The molecule has 116 valence electrons. The van der Waals surface area contributed by atoms with Gasteiger partial charge in [-0.15, -0.1) is 0 Å². The van der Waals surface area contributed by atoms with Gasteiger partial charge in [0.05, 0.1) is 12.0 Å². The van der Waals surface area contributed by atoms with E-state index in [9.17, 15) is 13.2 Å². The predicted molar refractivity (Wildman–Crippen MR) is 81.7 cm³/mol. The van der Waals surface area contributed by atoms with Crippen LogP contribution in [0.25, 0.3) is 0 Å². The summed E-state index contributed by atoms with van der Waals surface area (Å²) in [6.45, 7) is 1.83. The van der Waals surface area contributed by atoms with Gasteiger partial charge in [0.25, 0.3) is 15.9 Å². The van der Waals surface area contributed by atoms with Crippen LogP contribution in [0, 0.1) is 6.92 Å². The normalized spacial score (nSPS) is 11.0. The Balaban J connectivity index is 2.35. The molecule has 6 nitrogen and oxygen atoms in total. The maximum atomic E-state index is 12.4. The number of methoxy groups -OCH3 is 1. The summed E-state index contributed by atoms with van der Waals surface area (Å²) in [5.41, 5.74) is 1.03. The molecule has 0 spiro atoms. The Morgan fingerprint density at radius 3 is 2.36 bits per heavy atom. The van der Waals surface area contributed by atoms with Crippen molar-refractivity contribution >= 4 is 15.9 Å². The number of hydrazine groups is 1. The first-order valence-electron chi connectivity index (χ1n) is 6.41. The van der Waals surface area contributed by atoms with Crippen LogP contribution in [-0.2, 0) is 10.0 Å². The number of benzene rings is 2. The van der Waals surface area contributed by atoms with E-state index in [2.05, 4.69) is 0 Å². The molecule has 0 aliphatic heterocycles. The Morgan fingerprint density at radius 1 is 1.14 bits per heavy atom. The number of nitrogens with zero attached hydrogens (tertiary/aromatic N) is 1. The largest absolute Gasteiger partial charge is 0.497 e. The molecule has 1 amide bonds. The average molecular weight is 320 g/mol. The molecular formula is C15H16N2O4S. The van der Waals surface area contributed by atoms with E-state index in [1.165, 1.54) is 31.4 Å². The third kappa shape index (κ3) is 3.10. The van der Waals surface area contributed by atoms with Crippen molar-refractivity contribution in [2.75, 3.05) is 7.11 Å². The molecule has 7 heteroatoms. The summed E-state index contributed by atoms with van der Waals surface area (Å²) in [4.78, 5) is 12.2. The van der Waals surface area contributed by atoms with Crippen LogP contribution < -0.4 is 10.6 Å². The third-order valence-corrected chi connectivity index (χ3v) is 4.65. The van der Waals surface area contributed by atoms with Crippen LogP contribution in [0.2, 0.25) is 0 Å². The van der Waals surface area contributed by atoms with Crippen molar-refractivity contribution in [1.82, 2.24) is 4.41 Å². The highest BCUT2D eigenvalue weighted by Gasteiger charge is 2.27. The van der Waals surface area contributed by atoms with E-state index in [1.54, 1.807) is 24.3 Å². The van der Waals surface area contributed by atoms with Crippen LogP contribution in [0.15, 0.2) is 53.4 Å². The van der Waals surface area contributed by atoms with Gasteiger partial charge in [-0.25, -0.2) is 5.84 Å². The molecule has 0 saturated heterocycles. The number of nitrogens with two attached hydrogens (primary N) is 1. The van der Waals surface area contributed by atoms with E-state index in [-0.39, 0.29) is 14.9 Å². The Morgan fingerprint density at radius 2 is 1.77 bits per heavy atom. The van der Waals surface area contributed by atoms with Crippen molar-refractivity contribution < 1.29 is 17.9 Å². The molecule has 0 bridgehead atoms. The smallest absolute Gasteiger partial charge is 0.282 e. The zero-order chi connectivity index (χ0) is 16.3. The summed E-state index contributed by atoms with van der Waals surface area (Å²) in [6, 6.07) is 12.2. The molecule has 0 saturated carbocycles. The Kier molecular flexibility index (Phi) is 4.48. The third-order valence-electron chi connectivity index (χ3n) is 3.09. The van der Waals surface area contributed by atoms with Crippen molar-refractivity contribution in [3.8, 4) is 5.75 Å². The number of carbonyl (C=O) groups is 1. The first kappa shape index (κ1) is 16.0. The van der Waals surface area contributed by atoms with Gasteiger partial charge in [-0.1, -0.05) is 23.8 Å². The highest BCUT2D eigenvalue weighted by molar-refractivity contribution is 7.89. The summed E-state index contributed by atoms with van der Waals surface area (Å²) in [5, 5.41) is 0. The van der Waals surface area contributed by atoms with Gasteiger partial charge in [-0.05, 0) is 37.3 Å². The SMILES string of the molecule is COc1cccc(C(=O)N(N)S(=O)(=O)c2ccc(C)cc2)c1. The van der Waals surface area contributed by atoms with E-state index in [4.69, 9.17) is 10.6 Å². The molecule has 0 aliphatic rings. The molecule has 22 heavy (non-hydrogen) atoms. The number of sulfonamides is 1. The van der Waals surface area contributed by atoms with Crippen molar-refractivity contribution in [3.05, 3.63) is 59.7 Å². The fourth-order valence-electron chi connectivity index (χ4n) is 1.82. The Labute approximate surface area is 129 Å². The molecule has 0 aliphatic carbocycles. The van der Waals surface area contributed by atoms with Gasteiger partial charge < -0.3 is 4.74 Å². The summed E-state index contributed by atoms with van der Waals surface area (Å²) < 4.78 is 30.0. The van der Waals surface area contributed by atoms with Crippen molar-refractivity contribution in [1.29, 1.82) is 0 Å². The van der Waals surface area contributed by atoms with Gasteiger partial charge in [-0.2, -0.15) is 12.8 Å². The molecule has 0 aromatic heterocycles. The quantitative estimate of drug-likeness (QED) is 0.526. The van der Waals surface area contributed by atoms with E-state index in [0.29, 0.717) is 5.75 Å². The molecule has 0 radical (unpaired) electrons. The number of hydrogen-bond acceptors (Lipinski definition) is 5. The van der Waals surface area contributed by atoms with Crippen LogP contribution in [0.1, 0.15) is 15.9 Å². The lowest BCUT2D eigenvalue weighted by Crippen LogP contribution is -2.42. The van der Waals surface area contributed by atoms with Crippen molar-refractivity contribution in [2.24, 2.45) is 5.84 Å². The van der Waals surface area contributed by atoms with Crippen LogP contribution in [0.3, 0.4) is 0 Å². The second-order valence-electron chi connectivity index (χ2n) is 4.65. The summed E-state index contributed by atoms with van der Waals surface area (Å²) >= 11 is 0. The fraction of sp³-hybridized carbons (Fsp3) is 0.133. The molecule has 0 unspecified atom stereocenters. The minimum absolute atomic E-state index is 0.0446. The maximum Gasteiger partial charge on any atom is 0.282 e. The summed E-state index contributed by atoms with van der Waals surface area (Å²) in [6.07, 6.45) is 0. The zero-order valence-electron chi connectivity index (χ0n) is 12.2. The van der Waals surface area contributed by atoms with Gasteiger partial charge in [0.2, 0.25) is 0 Å². The summed E-state index contributed by atoms with van der Waals surface area (Å²) in [5.74, 6) is 5.15.